The molecule has 1 aromatic rings. The lowest BCUT2D eigenvalue weighted by Crippen LogP contribution is -2.38. The zero-order valence-electron chi connectivity index (χ0n) is 11.0. The molecule has 19 heavy (non-hydrogen) atoms. The summed E-state index contributed by atoms with van der Waals surface area (Å²) in [7, 11) is 0. The van der Waals surface area contributed by atoms with Crippen LogP contribution in [0.5, 0.6) is 0 Å². The van der Waals surface area contributed by atoms with Crippen LogP contribution in [0.4, 0.5) is 5.69 Å². The average molecular weight is 346 g/mol. The van der Waals surface area contributed by atoms with E-state index in [9.17, 15) is 4.79 Å². The molecule has 0 spiro atoms. The lowest BCUT2D eigenvalue weighted by atomic mass is 9.99. The van der Waals surface area contributed by atoms with Crippen LogP contribution in [-0.2, 0) is 4.79 Å². The molecule has 0 bridgehead atoms. The molecule has 5 heteroatoms. The number of likely N-dealkylation sites (tertiary alicyclic amines) is 1. The summed E-state index contributed by atoms with van der Waals surface area (Å²) in [6.45, 7) is 4.71. The molecule has 1 aliphatic heterocycles. The minimum absolute atomic E-state index is 0.00113. The first-order valence-corrected chi connectivity index (χ1v) is 7.69. The number of hydrogen-bond acceptors (Lipinski definition) is 2. The summed E-state index contributed by atoms with van der Waals surface area (Å²) in [6.07, 6.45) is 2.35. The average Bonchev–Trinajstić information content (AvgIpc) is 2.36. The van der Waals surface area contributed by atoms with Crippen molar-refractivity contribution in [2.45, 2.75) is 19.8 Å². The smallest absolute Gasteiger partial charge is 0.238 e. The van der Waals surface area contributed by atoms with Crippen molar-refractivity contribution in [2.75, 3.05) is 25.0 Å². The van der Waals surface area contributed by atoms with E-state index in [1.807, 2.05) is 12.1 Å². The second kappa shape index (κ2) is 6.73. The van der Waals surface area contributed by atoms with E-state index in [4.69, 9.17) is 11.6 Å². The molecule has 0 aromatic heterocycles. The van der Waals surface area contributed by atoms with E-state index in [0.717, 1.165) is 23.5 Å². The van der Waals surface area contributed by atoms with Gasteiger partial charge in [0.15, 0.2) is 0 Å². The third-order valence-corrected chi connectivity index (χ3v) is 4.25. The summed E-state index contributed by atoms with van der Waals surface area (Å²) in [6, 6.07) is 5.45. The van der Waals surface area contributed by atoms with Crippen LogP contribution in [0.3, 0.4) is 0 Å². The molecule has 0 saturated carbocycles. The van der Waals surface area contributed by atoms with E-state index in [1.54, 1.807) is 6.07 Å². The molecule has 0 atom stereocenters. The highest BCUT2D eigenvalue weighted by Gasteiger charge is 2.18. The number of halogens is 2. The highest BCUT2D eigenvalue weighted by molar-refractivity contribution is 9.10. The monoisotopic (exact) mass is 344 g/mol. The summed E-state index contributed by atoms with van der Waals surface area (Å²) < 4.78 is 0.903. The molecular weight excluding hydrogens is 328 g/mol. The van der Waals surface area contributed by atoms with Crippen LogP contribution in [0.15, 0.2) is 22.7 Å². The van der Waals surface area contributed by atoms with Gasteiger partial charge >= 0.3 is 0 Å². The first-order chi connectivity index (χ1) is 9.04. The number of carbonyl (C=O) groups is 1. The number of piperidine rings is 1. The van der Waals surface area contributed by atoms with Crippen LogP contribution >= 0.6 is 27.5 Å². The van der Waals surface area contributed by atoms with E-state index in [-0.39, 0.29) is 5.91 Å². The normalized spacial score (nSPS) is 17.4. The molecule has 0 aliphatic carbocycles. The molecule has 1 aromatic carbocycles. The summed E-state index contributed by atoms with van der Waals surface area (Å²) >= 11 is 9.42. The number of rotatable bonds is 3. The molecule has 1 saturated heterocycles. The molecule has 1 amide bonds. The Labute approximate surface area is 127 Å². The fourth-order valence-electron chi connectivity index (χ4n) is 2.20. The molecule has 0 unspecified atom stereocenters. The molecule has 1 heterocycles. The first kappa shape index (κ1) is 14.8. The summed E-state index contributed by atoms with van der Waals surface area (Å²) in [5.41, 5.74) is 0.667. The van der Waals surface area contributed by atoms with Gasteiger partial charge in [0.1, 0.15) is 0 Å². The minimum Gasteiger partial charge on any atom is -0.324 e. The fraction of sp³-hybridized carbons (Fsp3) is 0.500. The molecule has 1 aliphatic rings. The van der Waals surface area contributed by atoms with Crippen LogP contribution < -0.4 is 5.32 Å². The standard InChI is InChI=1S/C14H18BrClN2O/c1-10-4-6-18(7-5-10)9-14(19)17-13-3-2-11(15)8-12(13)16/h2-3,8,10H,4-7,9H2,1H3,(H,17,19). The lowest BCUT2D eigenvalue weighted by molar-refractivity contribution is -0.117. The van der Waals surface area contributed by atoms with Gasteiger partial charge in [-0.25, -0.2) is 0 Å². The third-order valence-electron chi connectivity index (χ3n) is 3.45. The van der Waals surface area contributed by atoms with Gasteiger partial charge in [-0.2, -0.15) is 0 Å². The highest BCUT2D eigenvalue weighted by atomic mass is 79.9. The number of anilines is 1. The second-order valence-electron chi connectivity index (χ2n) is 5.13. The van der Waals surface area contributed by atoms with Crippen LogP contribution in [0, 0.1) is 5.92 Å². The van der Waals surface area contributed by atoms with Crippen molar-refractivity contribution in [3.63, 3.8) is 0 Å². The summed E-state index contributed by atoms with van der Waals surface area (Å²) in [4.78, 5) is 14.2. The molecule has 2 rings (SSSR count). The van der Waals surface area contributed by atoms with E-state index in [1.165, 1.54) is 12.8 Å². The zero-order chi connectivity index (χ0) is 13.8. The van der Waals surface area contributed by atoms with Gasteiger partial charge in [-0.1, -0.05) is 34.5 Å². The maximum Gasteiger partial charge on any atom is 0.238 e. The molecule has 1 N–H and O–H groups in total. The number of carbonyl (C=O) groups excluding carboxylic acids is 1. The van der Waals surface area contributed by atoms with Gasteiger partial charge in [0.05, 0.1) is 17.3 Å². The quantitative estimate of drug-likeness (QED) is 0.904. The van der Waals surface area contributed by atoms with Crippen molar-refractivity contribution in [3.8, 4) is 0 Å². The fourth-order valence-corrected chi connectivity index (χ4v) is 2.92. The molecule has 0 radical (unpaired) electrons. The third kappa shape index (κ3) is 4.48. The minimum atomic E-state index is -0.00113. The van der Waals surface area contributed by atoms with Gasteiger partial charge in [0.25, 0.3) is 0 Å². The van der Waals surface area contributed by atoms with Gasteiger partial charge < -0.3 is 5.32 Å². The van der Waals surface area contributed by atoms with Crippen molar-refractivity contribution in [2.24, 2.45) is 5.92 Å². The predicted octanol–water partition coefficient (Wildman–Crippen LogP) is 3.77. The van der Waals surface area contributed by atoms with Crippen molar-refractivity contribution in [3.05, 3.63) is 27.7 Å². The van der Waals surface area contributed by atoms with E-state index < -0.39 is 0 Å². The second-order valence-corrected chi connectivity index (χ2v) is 6.45. The number of amides is 1. The Balaban J connectivity index is 1.87. The number of hydrogen-bond donors (Lipinski definition) is 1. The first-order valence-electron chi connectivity index (χ1n) is 6.52. The predicted molar refractivity (Wildman–Crippen MR) is 82.6 cm³/mol. The van der Waals surface area contributed by atoms with Gasteiger partial charge in [-0.3, -0.25) is 9.69 Å². The Morgan fingerprint density at radius 3 is 2.79 bits per heavy atom. The molecular formula is C14H18BrClN2O. The maximum absolute atomic E-state index is 12.0. The Morgan fingerprint density at radius 2 is 2.16 bits per heavy atom. The Kier molecular flexibility index (Phi) is 5.25. The number of nitrogens with one attached hydrogen (secondary N) is 1. The topological polar surface area (TPSA) is 32.3 Å². The zero-order valence-corrected chi connectivity index (χ0v) is 13.3. The SMILES string of the molecule is CC1CCN(CC(=O)Nc2ccc(Br)cc2Cl)CC1. The van der Waals surface area contributed by atoms with E-state index in [0.29, 0.717) is 17.3 Å². The summed E-state index contributed by atoms with van der Waals surface area (Å²) in [5, 5.41) is 3.41. The molecule has 1 fully saturated rings. The van der Waals surface area contributed by atoms with Crippen LogP contribution in [0.1, 0.15) is 19.8 Å². The number of nitrogens with zero attached hydrogens (tertiary/aromatic N) is 1. The Hall–Kier alpha value is -0.580. The van der Waals surface area contributed by atoms with Crippen LogP contribution in [-0.4, -0.2) is 30.4 Å². The van der Waals surface area contributed by atoms with Gasteiger partial charge in [0, 0.05) is 4.47 Å². The number of benzene rings is 1. The van der Waals surface area contributed by atoms with Gasteiger partial charge in [0.2, 0.25) is 5.91 Å². The van der Waals surface area contributed by atoms with Gasteiger partial charge in [-0.15, -0.1) is 0 Å². The van der Waals surface area contributed by atoms with E-state index in [2.05, 4.69) is 33.1 Å². The van der Waals surface area contributed by atoms with Gasteiger partial charge in [-0.05, 0) is 50.0 Å². The van der Waals surface area contributed by atoms with E-state index >= 15 is 0 Å². The largest absolute Gasteiger partial charge is 0.324 e. The summed E-state index contributed by atoms with van der Waals surface area (Å²) in [5.74, 6) is 0.777. The van der Waals surface area contributed by atoms with Crippen molar-refractivity contribution < 1.29 is 4.79 Å². The van der Waals surface area contributed by atoms with Crippen molar-refractivity contribution >= 4 is 39.1 Å². The van der Waals surface area contributed by atoms with Crippen molar-refractivity contribution in [1.29, 1.82) is 0 Å². The lowest BCUT2D eigenvalue weighted by Gasteiger charge is -2.29. The highest BCUT2D eigenvalue weighted by Crippen LogP contribution is 2.25. The maximum atomic E-state index is 12.0. The molecule has 3 nitrogen and oxygen atoms in total. The van der Waals surface area contributed by atoms with Crippen LogP contribution in [0.25, 0.3) is 0 Å². The van der Waals surface area contributed by atoms with Crippen molar-refractivity contribution in [1.82, 2.24) is 4.90 Å². The Morgan fingerprint density at radius 1 is 1.47 bits per heavy atom. The Bertz CT molecular complexity index is 459. The van der Waals surface area contributed by atoms with Crippen LogP contribution in [0.2, 0.25) is 5.02 Å². The molecule has 104 valence electrons.